The van der Waals surface area contributed by atoms with E-state index in [0.29, 0.717) is 24.3 Å². The van der Waals surface area contributed by atoms with Crippen LogP contribution >= 0.6 is 0 Å². The minimum Gasteiger partial charge on any atom is -0.507 e. The molecule has 0 spiro atoms. The van der Waals surface area contributed by atoms with Crippen LogP contribution in [0.15, 0.2) is 76.9 Å². The average Bonchev–Trinajstić information content (AvgIpc) is 3.51. The van der Waals surface area contributed by atoms with Crippen LogP contribution in [0, 0.1) is 0 Å². The third-order valence-electron chi connectivity index (χ3n) is 6.01. The van der Waals surface area contributed by atoms with Gasteiger partial charge < -0.3 is 19.2 Å². The molecule has 6 nitrogen and oxygen atoms in total. The summed E-state index contributed by atoms with van der Waals surface area (Å²) in [7, 11) is 0. The quantitative estimate of drug-likeness (QED) is 0.372. The summed E-state index contributed by atoms with van der Waals surface area (Å²) in [5.41, 5.74) is 2.55. The van der Waals surface area contributed by atoms with Crippen molar-refractivity contribution in [2.24, 2.45) is 0 Å². The number of nitrogens with zero attached hydrogens (tertiary/aromatic N) is 1. The highest BCUT2D eigenvalue weighted by Gasteiger charge is 2.47. The van der Waals surface area contributed by atoms with E-state index in [1.54, 1.807) is 24.3 Å². The maximum atomic E-state index is 13.1. The Morgan fingerprint density at radius 2 is 1.91 bits per heavy atom. The van der Waals surface area contributed by atoms with Crippen LogP contribution in [0.4, 0.5) is 0 Å². The molecule has 32 heavy (non-hydrogen) atoms. The zero-order valence-electron chi connectivity index (χ0n) is 17.7. The van der Waals surface area contributed by atoms with Gasteiger partial charge >= 0.3 is 0 Å². The topological polar surface area (TPSA) is 80.0 Å². The Bertz CT molecular complexity index is 1200. The number of benzene rings is 2. The fourth-order valence-electron chi connectivity index (χ4n) is 4.47. The van der Waals surface area contributed by atoms with Crippen LogP contribution in [-0.2, 0) is 22.4 Å². The van der Waals surface area contributed by atoms with Gasteiger partial charge in [-0.25, -0.2) is 0 Å². The molecule has 1 aromatic heterocycles. The Morgan fingerprint density at radius 1 is 1.09 bits per heavy atom. The van der Waals surface area contributed by atoms with Crippen LogP contribution in [0.3, 0.4) is 0 Å². The van der Waals surface area contributed by atoms with Crippen molar-refractivity contribution in [2.45, 2.75) is 31.9 Å². The molecule has 1 amide bonds. The standard InChI is InChI=1S/C26H23NO5/c1-16-14-19-15-18(9-10-20(19)32-16)24(28)22-23(21-8-5-13-31-21)27(26(30)25(22)29)12-11-17-6-3-2-4-7-17/h2-10,13,15-16,23,28H,11-12,14H2,1H3/t16-,23+/m1/s1. The molecular weight excluding hydrogens is 406 g/mol. The molecule has 1 saturated heterocycles. The summed E-state index contributed by atoms with van der Waals surface area (Å²) in [4.78, 5) is 27.5. The highest BCUT2D eigenvalue weighted by molar-refractivity contribution is 6.46. The number of carbonyl (C=O) groups is 2. The van der Waals surface area contributed by atoms with Gasteiger partial charge in [0.05, 0.1) is 11.8 Å². The van der Waals surface area contributed by atoms with Crippen LogP contribution in [0.5, 0.6) is 5.75 Å². The molecule has 0 radical (unpaired) electrons. The minimum absolute atomic E-state index is 0.0462. The van der Waals surface area contributed by atoms with Crippen LogP contribution in [0.1, 0.15) is 35.4 Å². The lowest BCUT2D eigenvalue weighted by molar-refractivity contribution is -0.140. The van der Waals surface area contributed by atoms with Crippen LogP contribution in [0.2, 0.25) is 0 Å². The number of ether oxygens (including phenoxy) is 1. The van der Waals surface area contributed by atoms with Gasteiger partial charge in [0.2, 0.25) is 0 Å². The molecule has 2 aliphatic rings. The SMILES string of the molecule is C[C@@H]1Cc2cc(C(O)=C3C(=O)C(=O)N(CCc4ccccc4)[C@H]3c3ccco3)ccc2O1. The number of carbonyl (C=O) groups excluding carboxylic acids is 2. The summed E-state index contributed by atoms with van der Waals surface area (Å²) in [5, 5.41) is 11.2. The van der Waals surface area contributed by atoms with E-state index in [0.717, 1.165) is 23.3 Å². The second-order valence-corrected chi connectivity index (χ2v) is 8.20. The number of hydrogen-bond acceptors (Lipinski definition) is 5. The first-order chi connectivity index (χ1) is 15.5. The van der Waals surface area contributed by atoms with Crippen LogP contribution in [-0.4, -0.2) is 34.3 Å². The Kier molecular flexibility index (Phi) is 5.05. The summed E-state index contributed by atoms with van der Waals surface area (Å²) in [6.45, 7) is 2.31. The Hall–Kier alpha value is -3.80. The van der Waals surface area contributed by atoms with E-state index in [1.807, 2.05) is 43.3 Å². The highest BCUT2D eigenvalue weighted by atomic mass is 16.5. The highest BCUT2D eigenvalue weighted by Crippen LogP contribution is 2.40. The first-order valence-electron chi connectivity index (χ1n) is 10.7. The smallest absolute Gasteiger partial charge is 0.295 e. The molecule has 2 atom stereocenters. The summed E-state index contributed by atoms with van der Waals surface area (Å²) >= 11 is 0. The lowest BCUT2D eigenvalue weighted by atomic mass is 9.97. The molecular formula is C26H23NO5. The van der Waals surface area contributed by atoms with Crippen molar-refractivity contribution < 1.29 is 23.8 Å². The molecule has 0 saturated carbocycles. The number of furan rings is 1. The second kappa shape index (κ2) is 8.04. The number of amides is 1. The summed E-state index contributed by atoms with van der Waals surface area (Å²) in [6, 6.07) is 17.7. The zero-order chi connectivity index (χ0) is 22.2. The van der Waals surface area contributed by atoms with E-state index in [-0.39, 0.29) is 17.4 Å². The number of aliphatic hydroxyl groups is 1. The van der Waals surface area contributed by atoms with Gasteiger partial charge in [0.15, 0.2) is 0 Å². The molecule has 2 aromatic carbocycles. The zero-order valence-corrected chi connectivity index (χ0v) is 17.7. The molecule has 5 rings (SSSR count). The van der Waals surface area contributed by atoms with Crippen molar-refractivity contribution in [3.63, 3.8) is 0 Å². The fraction of sp³-hybridized carbons (Fsp3) is 0.231. The molecule has 162 valence electrons. The van der Waals surface area contributed by atoms with Gasteiger partial charge in [-0.05, 0) is 54.8 Å². The van der Waals surface area contributed by atoms with Gasteiger partial charge in [-0.15, -0.1) is 0 Å². The Labute approximate surface area is 185 Å². The van der Waals surface area contributed by atoms with Gasteiger partial charge in [0.1, 0.15) is 29.4 Å². The summed E-state index contributed by atoms with van der Waals surface area (Å²) in [6.07, 6.45) is 2.87. The maximum absolute atomic E-state index is 13.1. The first kappa shape index (κ1) is 20.1. The average molecular weight is 429 g/mol. The predicted octanol–water partition coefficient (Wildman–Crippen LogP) is 4.27. The van der Waals surface area contributed by atoms with E-state index in [1.165, 1.54) is 11.2 Å². The second-order valence-electron chi connectivity index (χ2n) is 8.20. The number of aliphatic hydroxyl groups excluding tert-OH is 1. The molecule has 3 heterocycles. The maximum Gasteiger partial charge on any atom is 0.295 e. The van der Waals surface area contributed by atoms with Crippen molar-refractivity contribution in [1.29, 1.82) is 0 Å². The molecule has 0 bridgehead atoms. The van der Waals surface area contributed by atoms with E-state index >= 15 is 0 Å². The van der Waals surface area contributed by atoms with Crippen molar-refractivity contribution in [1.82, 2.24) is 4.90 Å². The number of rotatable bonds is 5. The van der Waals surface area contributed by atoms with Gasteiger partial charge in [-0.3, -0.25) is 9.59 Å². The summed E-state index contributed by atoms with van der Waals surface area (Å²) in [5.74, 6) is -0.324. The molecule has 1 N–H and O–H groups in total. The molecule has 0 unspecified atom stereocenters. The van der Waals surface area contributed by atoms with E-state index in [9.17, 15) is 14.7 Å². The lowest BCUT2D eigenvalue weighted by Crippen LogP contribution is -2.31. The lowest BCUT2D eigenvalue weighted by Gasteiger charge is -2.23. The largest absolute Gasteiger partial charge is 0.507 e. The van der Waals surface area contributed by atoms with Gasteiger partial charge in [0.25, 0.3) is 11.7 Å². The van der Waals surface area contributed by atoms with E-state index in [4.69, 9.17) is 9.15 Å². The molecule has 3 aromatic rings. The van der Waals surface area contributed by atoms with Crippen LogP contribution < -0.4 is 4.74 Å². The number of fused-ring (bicyclic) bond motifs is 1. The fourth-order valence-corrected chi connectivity index (χ4v) is 4.47. The molecule has 6 heteroatoms. The number of hydrogen-bond donors (Lipinski definition) is 1. The Balaban J connectivity index is 1.54. The predicted molar refractivity (Wildman–Crippen MR) is 118 cm³/mol. The number of Topliss-reactive ketones (excluding diaryl/α,β-unsaturated/α-hetero) is 1. The Morgan fingerprint density at radius 3 is 2.66 bits per heavy atom. The van der Waals surface area contributed by atoms with Gasteiger partial charge in [-0.2, -0.15) is 0 Å². The third kappa shape index (κ3) is 3.47. The van der Waals surface area contributed by atoms with Crippen LogP contribution in [0.25, 0.3) is 5.76 Å². The first-order valence-corrected chi connectivity index (χ1v) is 10.7. The molecule has 0 aliphatic carbocycles. The minimum atomic E-state index is -0.780. The number of ketones is 1. The number of likely N-dealkylation sites (tertiary alicyclic amines) is 1. The molecule has 1 fully saturated rings. The van der Waals surface area contributed by atoms with E-state index < -0.39 is 17.7 Å². The monoisotopic (exact) mass is 429 g/mol. The van der Waals surface area contributed by atoms with Crippen molar-refractivity contribution in [3.05, 3.63) is 95.0 Å². The molecule has 2 aliphatic heterocycles. The summed E-state index contributed by atoms with van der Waals surface area (Å²) < 4.78 is 11.3. The van der Waals surface area contributed by atoms with E-state index in [2.05, 4.69) is 0 Å². The van der Waals surface area contributed by atoms with Gasteiger partial charge in [0, 0.05) is 18.5 Å². The van der Waals surface area contributed by atoms with Crippen molar-refractivity contribution in [3.8, 4) is 5.75 Å². The van der Waals surface area contributed by atoms with Gasteiger partial charge in [-0.1, -0.05) is 30.3 Å². The van der Waals surface area contributed by atoms with Crippen molar-refractivity contribution >= 4 is 17.4 Å². The normalized spacial score (nSPS) is 21.6. The third-order valence-corrected chi connectivity index (χ3v) is 6.01. The van der Waals surface area contributed by atoms with Crippen molar-refractivity contribution in [2.75, 3.05) is 6.54 Å².